The van der Waals surface area contributed by atoms with Gasteiger partial charge in [0, 0.05) is 104 Å². The van der Waals surface area contributed by atoms with Gasteiger partial charge < -0.3 is 81.0 Å². The highest BCUT2D eigenvalue weighted by atomic mass is 16.6. The maximum Gasteiger partial charge on any atom is 0.129 e. The molecule has 2 unspecified atom stereocenters. The molecule has 17 nitrogen and oxygen atoms in total. The fourth-order valence-corrected chi connectivity index (χ4v) is 6.14. The first-order valence-electron chi connectivity index (χ1n) is 24.6. The third-order valence-corrected chi connectivity index (χ3v) is 9.81. The lowest BCUT2D eigenvalue weighted by molar-refractivity contribution is -0.120. The van der Waals surface area contributed by atoms with E-state index in [9.17, 15) is 38.4 Å². The van der Waals surface area contributed by atoms with Crippen molar-refractivity contribution >= 4 is 46.3 Å². The molecule has 0 aromatic carbocycles. The molecule has 0 aromatic heterocycles. The van der Waals surface area contributed by atoms with E-state index >= 15 is 0 Å². The third-order valence-electron chi connectivity index (χ3n) is 9.81. The predicted octanol–water partition coefficient (Wildman–Crippen LogP) is 6.80. The molecule has 0 bridgehead atoms. The fraction of sp³-hybridized carbons (Fsp3) is 0.843. The van der Waals surface area contributed by atoms with Crippen LogP contribution in [-0.2, 0) is 81.0 Å². The van der Waals surface area contributed by atoms with Crippen LogP contribution in [0.15, 0.2) is 0 Å². The van der Waals surface area contributed by atoms with E-state index in [0.29, 0.717) is 195 Å². The van der Waals surface area contributed by atoms with Crippen molar-refractivity contribution < 1.29 is 81.0 Å². The van der Waals surface area contributed by atoms with Crippen molar-refractivity contribution in [3.05, 3.63) is 0 Å². The van der Waals surface area contributed by atoms with Crippen LogP contribution in [0, 0.1) is 5.41 Å². The Morgan fingerprint density at radius 3 is 0.691 bits per heavy atom. The van der Waals surface area contributed by atoms with Crippen LogP contribution in [0.3, 0.4) is 0 Å². The summed E-state index contributed by atoms with van der Waals surface area (Å²) in [5.74, 6) is 1.01. The molecule has 0 saturated heterocycles. The quantitative estimate of drug-likeness (QED) is 0.0572. The van der Waals surface area contributed by atoms with Crippen LogP contribution in [0.2, 0.25) is 0 Å². The summed E-state index contributed by atoms with van der Waals surface area (Å²) in [7, 11) is 0. The average Bonchev–Trinajstić information content (AvgIpc) is 3.24. The first-order valence-corrected chi connectivity index (χ1v) is 24.6. The standard InChI is InChI=1S/C26H46O9.C25H44O8/c1-21(27)9-5-13-31-17-25(34-15-7-11-23(3)29)19-33-20-26(35-16-8-12-24(4)30)18-32-14-6-10-22(2)28;1-21(26)9-5-13-30-17-25(18-31-14-6-10-22(2)27,19-32-15-7-11-23(3)28)20-33-16-8-12-24(4)29/h25-26H,5-20H2,1-4H3;5-20H2,1-4H3. The van der Waals surface area contributed by atoms with E-state index < -0.39 is 5.41 Å². The van der Waals surface area contributed by atoms with Crippen LogP contribution in [0.1, 0.15) is 158 Å². The van der Waals surface area contributed by atoms with Crippen LogP contribution < -0.4 is 0 Å². The van der Waals surface area contributed by atoms with Gasteiger partial charge in [-0.15, -0.1) is 0 Å². The Kier molecular flexibility index (Phi) is 45.8. The number of rotatable bonds is 50. The van der Waals surface area contributed by atoms with Gasteiger partial charge in [0.2, 0.25) is 0 Å². The molecule has 0 aliphatic rings. The van der Waals surface area contributed by atoms with Gasteiger partial charge in [0.15, 0.2) is 0 Å². The van der Waals surface area contributed by atoms with Crippen molar-refractivity contribution in [2.24, 2.45) is 5.41 Å². The molecular formula is C51H90O17. The highest BCUT2D eigenvalue weighted by Gasteiger charge is 2.32. The van der Waals surface area contributed by atoms with Crippen LogP contribution >= 0.6 is 0 Å². The topological polar surface area (TPSA) is 220 Å². The Hall–Kier alpha value is -3.00. The van der Waals surface area contributed by atoms with Gasteiger partial charge in [-0.2, -0.15) is 0 Å². The fourth-order valence-electron chi connectivity index (χ4n) is 6.14. The van der Waals surface area contributed by atoms with Crippen LogP contribution in [0.5, 0.6) is 0 Å². The van der Waals surface area contributed by atoms with E-state index in [4.69, 9.17) is 42.6 Å². The summed E-state index contributed by atoms with van der Waals surface area (Å²) >= 11 is 0. The molecule has 0 saturated carbocycles. The Balaban J connectivity index is 0. The number of ether oxygens (including phenoxy) is 9. The molecule has 0 aromatic rings. The maximum atomic E-state index is 11.2. The lowest BCUT2D eigenvalue weighted by Crippen LogP contribution is -2.42. The lowest BCUT2D eigenvalue weighted by Gasteiger charge is -2.33. The summed E-state index contributed by atoms with van der Waals surface area (Å²) in [6.45, 7) is 18.5. The molecule has 0 fully saturated rings. The number of hydrogen-bond donors (Lipinski definition) is 0. The van der Waals surface area contributed by atoms with Gasteiger partial charge in [-0.25, -0.2) is 0 Å². The monoisotopic (exact) mass is 975 g/mol. The van der Waals surface area contributed by atoms with E-state index in [1.807, 2.05) is 0 Å². The van der Waals surface area contributed by atoms with Gasteiger partial charge >= 0.3 is 0 Å². The van der Waals surface area contributed by atoms with Gasteiger partial charge in [0.1, 0.15) is 58.5 Å². The average molecular weight is 975 g/mol. The second-order valence-corrected chi connectivity index (χ2v) is 17.8. The molecule has 17 heteroatoms. The molecule has 68 heavy (non-hydrogen) atoms. The molecule has 0 N–H and O–H groups in total. The summed E-state index contributed by atoms with van der Waals surface area (Å²) in [6, 6.07) is 0. The van der Waals surface area contributed by atoms with Crippen LogP contribution in [0.25, 0.3) is 0 Å². The van der Waals surface area contributed by atoms with Crippen LogP contribution in [-0.4, -0.2) is 164 Å². The van der Waals surface area contributed by atoms with E-state index in [0.717, 1.165) is 0 Å². The summed E-state index contributed by atoms with van der Waals surface area (Å²) in [4.78, 5) is 89.1. The minimum absolute atomic E-state index is 0.120. The molecule has 0 amide bonds. The second kappa shape index (κ2) is 46.4. The van der Waals surface area contributed by atoms with E-state index in [-0.39, 0.29) is 71.7 Å². The van der Waals surface area contributed by atoms with Crippen molar-refractivity contribution in [3.8, 4) is 0 Å². The highest BCUT2D eigenvalue weighted by molar-refractivity contribution is 5.77. The molecule has 396 valence electrons. The number of carbonyl (C=O) groups is 8. The zero-order valence-electron chi connectivity index (χ0n) is 43.2. The van der Waals surface area contributed by atoms with Gasteiger partial charge in [-0.05, 0) is 107 Å². The minimum atomic E-state index is -0.571. The molecule has 0 heterocycles. The van der Waals surface area contributed by atoms with Crippen LogP contribution in [0.4, 0.5) is 0 Å². The first-order chi connectivity index (χ1) is 32.4. The molecule has 0 radical (unpaired) electrons. The zero-order chi connectivity index (χ0) is 51.3. The van der Waals surface area contributed by atoms with Gasteiger partial charge in [-0.3, -0.25) is 0 Å². The van der Waals surface area contributed by atoms with Crippen molar-refractivity contribution in [2.75, 3.05) is 106 Å². The smallest absolute Gasteiger partial charge is 0.129 e. The number of ketones is 8. The second-order valence-electron chi connectivity index (χ2n) is 17.8. The molecule has 0 aliphatic heterocycles. The van der Waals surface area contributed by atoms with Gasteiger partial charge in [-0.1, -0.05) is 0 Å². The minimum Gasteiger partial charge on any atom is -0.381 e. The number of carbonyl (C=O) groups excluding carboxylic acids is 8. The van der Waals surface area contributed by atoms with Crippen molar-refractivity contribution in [3.63, 3.8) is 0 Å². The van der Waals surface area contributed by atoms with Crippen molar-refractivity contribution in [2.45, 2.75) is 170 Å². The van der Waals surface area contributed by atoms with E-state index in [1.165, 1.54) is 0 Å². The molecule has 0 aliphatic carbocycles. The first kappa shape index (κ1) is 67.1. The zero-order valence-corrected chi connectivity index (χ0v) is 43.2. The number of Topliss-reactive ketones (excluding diaryl/α,β-unsaturated/α-hetero) is 8. The van der Waals surface area contributed by atoms with Crippen molar-refractivity contribution in [1.29, 1.82) is 0 Å². The predicted molar refractivity (Wildman–Crippen MR) is 257 cm³/mol. The van der Waals surface area contributed by atoms with Gasteiger partial charge in [0.05, 0.1) is 58.3 Å². The Labute approximate surface area is 407 Å². The van der Waals surface area contributed by atoms with Gasteiger partial charge in [0.25, 0.3) is 0 Å². The summed E-state index contributed by atoms with van der Waals surface area (Å²) in [6.07, 6.45) is 8.29. The summed E-state index contributed by atoms with van der Waals surface area (Å²) < 4.78 is 52.4. The molecular weight excluding hydrogens is 885 g/mol. The van der Waals surface area contributed by atoms with E-state index in [1.54, 1.807) is 55.4 Å². The maximum absolute atomic E-state index is 11.2. The SMILES string of the molecule is CC(=O)CCCOCC(COCC(COCCCC(C)=O)OCCCC(C)=O)OCCCC(C)=O.CC(=O)CCCOCC(COCCCC(C)=O)(COCCCC(C)=O)COCCCC(C)=O. The molecule has 0 spiro atoms. The lowest BCUT2D eigenvalue weighted by atomic mass is 9.92. The molecule has 2 atom stereocenters. The Morgan fingerprint density at radius 2 is 0.471 bits per heavy atom. The van der Waals surface area contributed by atoms with E-state index in [2.05, 4.69) is 0 Å². The Morgan fingerprint density at radius 1 is 0.279 bits per heavy atom. The summed E-state index contributed by atoms with van der Waals surface area (Å²) in [5.41, 5.74) is -0.571. The summed E-state index contributed by atoms with van der Waals surface area (Å²) in [5, 5.41) is 0. The normalized spacial score (nSPS) is 12.2. The Bertz CT molecular complexity index is 1210. The third kappa shape index (κ3) is 50.9. The van der Waals surface area contributed by atoms with Crippen molar-refractivity contribution in [1.82, 2.24) is 0 Å². The number of hydrogen-bond acceptors (Lipinski definition) is 17. The molecule has 0 rings (SSSR count). The largest absolute Gasteiger partial charge is 0.381 e. The highest BCUT2D eigenvalue weighted by Crippen LogP contribution is 2.22.